The highest BCUT2D eigenvalue weighted by molar-refractivity contribution is 5.39. The van der Waals surface area contributed by atoms with Crippen LogP contribution in [-0.4, -0.2) is 33.0 Å². The first-order valence-corrected chi connectivity index (χ1v) is 7.10. The lowest BCUT2D eigenvalue weighted by molar-refractivity contribution is 0.407. The topological polar surface area (TPSA) is 54.8 Å². The molecule has 1 saturated heterocycles. The Bertz CT molecular complexity index is 557. The van der Waals surface area contributed by atoms with E-state index in [0.29, 0.717) is 5.92 Å². The zero-order valence-electron chi connectivity index (χ0n) is 11.7. The first-order valence-electron chi connectivity index (χ1n) is 7.10. The maximum atomic E-state index is 4.39. The Morgan fingerprint density at radius 2 is 2.20 bits per heavy atom. The average molecular weight is 269 g/mol. The molecule has 0 spiro atoms. The average Bonchev–Trinajstić information content (AvgIpc) is 2.49. The molecule has 0 N–H and O–H groups in total. The van der Waals surface area contributed by atoms with Crippen LogP contribution < -0.4 is 4.90 Å². The largest absolute Gasteiger partial charge is 0.356 e. The highest BCUT2D eigenvalue weighted by atomic mass is 15.2. The van der Waals surface area contributed by atoms with Gasteiger partial charge in [0.05, 0.1) is 5.69 Å². The van der Waals surface area contributed by atoms with E-state index in [1.165, 1.54) is 12.8 Å². The number of nitrogens with zero attached hydrogens (tertiary/aromatic N) is 5. The normalized spacial score (nSPS) is 19.1. The molecule has 3 heterocycles. The molecule has 1 aliphatic rings. The van der Waals surface area contributed by atoms with Crippen molar-refractivity contribution in [2.24, 2.45) is 5.92 Å². The van der Waals surface area contributed by atoms with Gasteiger partial charge in [0.15, 0.2) is 0 Å². The van der Waals surface area contributed by atoms with Crippen LogP contribution in [0.15, 0.2) is 31.0 Å². The summed E-state index contributed by atoms with van der Waals surface area (Å²) in [7, 11) is 0. The molecule has 0 saturated carbocycles. The van der Waals surface area contributed by atoms with Gasteiger partial charge in [-0.25, -0.2) is 9.97 Å². The summed E-state index contributed by atoms with van der Waals surface area (Å²) in [6.45, 7) is 4.12. The minimum Gasteiger partial charge on any atom is -0.356 e. The molecule has 5 nitrogen and oxygen atoms in total. The van der Waals surface area contributed by atoms with E-state index in [1.54, 1.807) is 18.7 Å². The summed E-state index contributed by atoms with van der Waals surface area (Å²) < 4.78 is 0. The van der Waals surface area contributed by atoms with Crippen LogP contribution in [0.3, 0.4) is 0 Å². The molecule has 0 aliphatic carbocycles. The number of piperidine rings is 1. The van der Waals surface area contributed by atoms with E-state index in [-0.39, 0.29) is 0 Å². The predicted molar refractivity (Wildman–Crippen MR) is 77.4 cm³/mol. The van der Waals surface area contributed by atoms with E-state index in [9.17, 15) is 0 Å². The maximum Gasteiger partial charge on any atom is 0.132 e. The van der Waals surface area contributed by atoms with Crippen LogP contribution in [0.4, 0.5) is 5.82 Å². The summed E-state index contributed by atoms with van der Waals surface area (Å²) in [6, 6.07) is 2.06. The molecule has 0 aromatic carbocycles. The van der Waals surface area contributed by atoms with Crippen LogP contribution in [0.5, 0.6) is 0 Å². The van der Waals surface area contributed by atoms with Gasteiger partial charge in [-0.05, 0) is 32.1 Å². The molecule has 0 amide bonds. The van der Waals surface area contributed by atoms with Gasteiger partial charge in [-0.2, -0.15) is 0 Å². The fourth-order valence-corrected chi connectivity index (χ4v) is 2.78. The molecular weight excluding hydrogens is 250 g/mol. The molecule has 1 fully saturated rings. The summed E-state index contributed by atoms with van der Waals surface area (Å²) in [5.74, 6) is 1.66. The second-order valence-electron chi connectivity index (χ2n) is 5.37. The highest BCUT2D eigenvalue weighted by Gasteiger charge is 2.21. The van der Waals surface area contributed by atoms with Crippen LogP contribution >= 0.6 is 0 Å². The Hall–Kier alpha value is -2.04. The van der Waals surface area contributed by atoms with Gasteiger partial charge in [0.1, 0.15) is 12.1 Å². The van der Waals surface area contributed by atoms with Crippen molar-refractivity contribution in [3.05, 3.63) is 42.4 Å². The van der Waals surface area contributed by atoms with Gasteiger partial charge in [0.2, 0.25) is 0 Å². The number of rotatable bonds is 3. The van der Waals surface area contributed by atoms with E-state index in [1.807, 2.05) is 13.1 Å². The van der Waals surface area contributed by atoms with Gasteiger partial charge < -0.3 is 4.90 Å². The molecule has 1 unspecified atom stereocenters. The van der Waals surface area contributed by atoms with Gasteiger partial charge in [-0.15, -0.1) is 0 Å². The van der Waals surface area contributed by atoms with Crippen molar-refractivity contribution in [3.8, 4) is 0 Å². The minimum atomic E-state index is 0.621. The van der Waals surface area contributed by atoms with Gasteiger partial charge in [0, 0.05) is 43.4 Å². The van der Waals surface area contributed by atoms with Gasteiger partial charge in [0.25, 0.3) is 0 Å². The molecule has 2 aromatic heterocycles. The van der Waals surface area contributed by atoms with Crippen molar-refractivity contribution >= 4 is 5.82 Å². The van der Waals surface area contributed by atoms with Crippen LogP contribution in [0, 0.1) is 12.8 Å². The zero-order valence-corrected chi connectivity index (χ0v) is 11.7. The summed E-state index contributed by atoms with van der Waals surface area (Å²) in [6.07, 6.45) is 10.5. The monoisotopic (exact) mass is 269 g/mol. The maximum absolute atomic E-state index is 4.39. The third-order valence-electron chi connectivity index (χ3n) is 3.75. The third kappa shape index (κ3) is 3.10. The second kappa shape index (κ2) is 5.94. The fraction of sp³-hybridized carbons (Fsp3) is 0.467. The molecule has 104 valence electrons. The highest BCUT2D eigenvalue weighted by Crippen LogP contribution is 2.23. The van der Waals surface area contributed by atoms with Crippen LogP contribution in [-0.2, 0) is 6.42 Å². The Balaban J connectivity index is 1.67. The summed E-state index contributed by atoms with van der Waals surface area (Å²) in [4.78, 5) is 19.4. The van der Waals surface area contributed by atoms with Crippen LogP contribution in [0.1, 0.15) is 24.2 Å². The second-order valence-corrected chi connectivity index (χ2v) is 5.37. The standard InChI is InChI=1S/C15H19N5/c1-12-7-15(19-11-18-12)20-6-2-3-13(10-20)8-14-9-16-4-5-17-14/h4-5,7,9,11,13H,2-3,6,8,10H2,1H3. The van der Waals surface area contributed by atoms with Gasteiger partial charge in [-0.3, -0.25) is 9.97 Å². The summed E-state index contributed by atoms with van der Waals surface area (Å²) in [5.41, 5.74) is 2.10. The van der Waals surface area contributed by atoms with Gasteiger partial charge in [-0.1, -0.05) is 0 Å². The minimum absolute atomic E-state index is 0.621. The molecule has 0 bridgehead atoms. The number of anilines is 1. The van der Waals surface area contributed by atoms with E-state index in [4.69, 9.17) is 0 Å². The summed E-state index contributed by atoms with van der Waals surface area (Å²) >= 11 is 0. The van der Waals surface area contributed by atoms with E-state index < -0.39 is 0 Å². The quantitative estimate of drug-likeness (QED) is 0.853. The lowest BCUT2D eigenvalue weighted by atomic mass is 9.93. The van der Waals surface area contributed by atoms with Crippen molar-refractivity contribution < 1.29 is 0 Å². The first-order chi connectivity index (χ1) is 9.81. The predicted octanol–water partition coefficient (Wildman–Crippen LogP) is 2.03. The molecule has 3 rings (SSSR count). The molecule has 5 heteroatoms. The first kappa shape index (κ1) is 13.0. The Labute approximate surface area is 119 Å². The molecule has 0 radical (unpaired) electrons. The number of hydrogen-bond acceptors (Lipinski definition) is 5. The fourth-order valence-electron chi connectivity index (χ4n) is 2.78. The van der Waals surface area contributed by atoms with E-state index in [2.05, 4.69) is 30.9 Å². The number of hydrogen-bond donors (Lipinski definition) is 0. The lowest BCUT2D eigenvalue weighted by Gasteiger charge is -2.33. The van der Waals surface area contributed by atoms with Crippen molar-refractivity contribution in [3.63, 3.8) is 0 Å². The molecular formula is C15H19N5. The van der Waals surface area contributed by atoms with Crippen LogP contribution in [0.2, 0.25) is 0 Å². The zero-order chi connectivity index (χ0) is 13.8. The molecule has 20 heavy (non-hydrogen) atoms. The van der Waals surface area contributed by atoms with Crippen molar-refractivity contribution in [2.75, 3.05) is 18.0 Å². The molecule has 1 atom stereocenters. The molecule has 1 aliphatic heterocycles. The van der Waals surface area contributed by atoms with Crippen LogP contribution in [0.25, 0.3) is 0 Å². The smallest absolute Gasteiger partial charge is 0.132 e. The number of aryl methyl sites for hydroxylation is 1. The lowest BCUT2D eigenvalue weighted by Crippen LogP contribution is -2.37. The third-order valence-corrected chi connectivity index (χ3v) is 3.75. The van der Waals surface area contributed by atoms with Crippen molar-refractivity contribution in [1.82, 2.24) is 19.9 Å². The Morgan fingerprint density at radius 3 is 3.00 bits per heavy atom. The Kier molecular flexibility index (Phi) is 3.85. The van der Waals surface area contributed by atoms with E-state index in [0.717, 1.165) is 36.7 Å². The van der Waals surface area contributed by atoms with Gasteiger partial charge >= 0.3 is 0 Å². The van der Waals surface area contributed by atoms with E-state index >= 15 is 0 Å². The Morgan fingerprint density at radius 1 is 1.25 bits per heavy atom. The molecule has 2 aromatic rings. The van der Waals surface area contributed by atoms with Crippen molar-refractivity contribution in [2.45, 2.75) is 26.2 Å². The van der Waals surface area contributed by atoms with Crippen molar-refractivity contribution in [1.29, 1.82) is 0 Å². The number of aromatic nitrogens is 4. The SMILES string of the molecule is Cc1cc(N2CCCC(Cc3cnccn3)C2)ncn1. The summed E-state index contributed by atoms with van der Waals surface area (Å²) in [5, 5.41) is 0.